The molecule has 0 spiro atoms. The number of benzene rings is 1. The lowest BCUT2D eigenvalue weighted by Gasteiger charge is -2.06. The SMILES string of the molecule is Cc1cncc(Cn2ccc3c(Cl)cccc32)c1. The number of halogens is 1. The second-order valence-electron chi connectivity index (χ2n) is 4.49. The number of nitrogens with zero attached hydrogens (tertiary/aromatic N) is 2. The average Bonchev–Trinajstić information content (AvgIpc) is 2.74. The van der Waals surface area contributed by atoms with Crippen LogP contribution in [0.4, 0.5) is 0 Å². The first-order valence-corrected chi connectivity index (χ1v) is 6.26. The molecule has 0 unspecified atom stereocenters. The fraction of sp³-hybridized carbons (Fsp3) is 0.133. The van der Waals surface area contributed by atoms with Crippen molar-refractivity contribution >= 4 is 22.5 Å². The third-order valence-electron chi connectivity index (χ3n) is 3.04. The fourth-order valence-electron chi connectivity index (χ4n) is 2.22. The molecule has 0 N–H and O–H groups in total. The quantitative estimate of drug-likeness (QED) is 0.676. The van der Waals surface area contributed by atoms with Gasteiger partial charge in [-0.05, 0) is 36.2 Å². The van der Waals surface area contributed by atoms with Crippen molar-refractivity contribution in [3.63, 3.8) is 0 Å². The maximum Gasteiger partial charge on any atom is 0.0499 e. The Hall–Kier alpha value is -1.80. The van der Waals surface area contributed by atoms with E-state index < -0.39 is 0 Å². The van der Waals surface area contributed by atoms with Crippen LogP contribution < -0.4 is 0 Å². The van der Waals surface area contributed by atoms with Crippen LogP contribution in [0.1, 0.15) is 11.1 Å². The second-order valence-corrected chi connectivity index (χ2v) is 4.89. The summed E-state index contributed by atoms with van der Waals surface area (Å²) in [7, 11) is 0. The standard InChI is InChI=1S/C15H13ClN2/c1-11-7-12(9-17-8-11)10-18-6-5-13-14(16)3-2-4-15(13)18/h2-9H,10H2,1H3. The molecule has 0 bridgehead atoms. The number of aromatic nitrogens is 2. The van der Waals surface area contributed by atoms with Gasteiger partial charge in [0, 0.05) is 41.1 Å². The highest BCUT2D eigenvalue weighted by Crippen LogP contribution is 2.24. The molecule has 3 heteroatoms. The van der Waals surface area contributed by atoms with Crippen LogP contribution in [0.2, 0.25) is 5.02 Å². The summed E-state index contributed by atoms with van der Waals surface area (Å²) in [6.07, 6.45) is 5.84. The van der Waals surface area contributed by atoms with Crippen LogP contribution in [0.5, 0.6) is 0 Å². The summed E-state index contributed by atoms with van der Waals surface area (Å²) in [6.45, 7) is 2.87. The van der Waals surface area contributed by atoms with Gasteiger partial charge in [-0.2, -0.15) is 0 Å². The maximum atomic E-state index is 6.17. The van der Waals surface area contributed by atoms with Gasteiger partial charge in [-0.15, -0.1) is 0 Å². The number of hydrogen-bond donors (Lipinski definition) is 0. The van der Waals surface area contributed by atoms with Gasteiger partial charge < -0.3 is 4.57 Å². The molecular formula is C15H13ClN2. The Balaban J connectivity index is 2.03. The molecule has 0 saturated heterocycles. The van der Waals surface area contributed by atoms with Gasteiger partial charge in [0.2, 0.25) is 0 Å². The van der Waals surface area contributed by atoms with Crippen molar-refractivity contribution in [1.82, 2.24) is 9.55 Å². The number of hydrogen-bond acceptors (Lipinski definition) is 1. The van der Waals surface area contributed by atoms with Crippen LogP contribution in [0.3, 0.4) is 0 Å². The number of pyridine rings is 1. The first-order chi connectivity index (χ1) is 8.74. The summed E-state index contributed by atoms with van der Waals surface area (Å²) in [4.78, 5) is 4.22. The van der Waals surface area contributed by atoms with Crippen molar-refractivity contribution in [2.24, 2.45) is 0 Å². The number of fused-ring (bicyclic) bond motifs is 1. The molecule has 0 aliphatic rings. The number of rotatable bonds is 2. The first kappa shape index (κ1) is 11.3. The minimum atomic E-state index is 0.800. The van der Waals surface area contributed by atoms with E-state index >= 15 is 0 Å². The Morgan fingerprint density at radius 1 is 1.22 bits per heavy atom. The van der Waals surface area contributed by atoms with Crippen LogP contribution in [0.15, 0.2) is 48.9 Å². The zero-order valence-corrected chi connectivity index (χ0v) is 10.9. The number of aryl methyl sites for hydroxylation is 1. The Morgan fingerprint density at radius 3 is 2.94 bits per heavy atom. The molecule has 18 heavy (non-hydrogen) atoms. The van der Waals surface area contributed by atoms with E-state index in [9.17, 15) is 0 Å². The van der Waals surface area contributed by atoms with Crippen LogP contribution in [-0.2, 0) is 6.54 Å². The largest absolute Gasteiger partial charge is 0.343 e. The van der Waals surface area contributed by atoms with Crippen molar-refractivity contribution < 1.29 is 0 Å². The molecule has 3 rings (SSSR count). The van der Waals surface area contributed by atoms with Gasteiger partial charge in [-0.25, -0.2) is 0 Å². The smallest absolute Gasteiger partial charge is 0.0499 e. The Morgan fingerprint density at radius 2 is 2.11 bits per heavy atom. The van der Waals surface area contributed by atoms with Gasteiger partial charge in [0.15, 0.2) is 0 Å². The van der Waals surface area contributed by atoms with Gasteiger partial charge in [0.1, 0.15) is 0 Å². The molecule has 0 atom stereocenters. The van der Waals surface area contributed by atoms with Gasteiger partial charge in [-0.1, -0.05) is 23.7 Å². The molecule has 2 nitrogen and oxygen atoms in total. The zero-order chi connectivity index (χ0) is 12.5. The van der Waals surface area contributed by atoms with Crippen molar-refractivity contribution in [2.75, 3.05) is 0 Å². The second kappa shape index (κ2) is 4.46. The molecule has 0 radical (unpaired) electrons. The molecule has 90 valence electrons. The van der Waals surface area contributed by atoms with Crippen molar-refractivity contribution in [1.29, 1.82) is 0 Å². The molecular weight excluding hydrogens is 244 g/mol. The summed E-state index contributed by atoms with van der Waals surface area (Å²) in [5.41, 5.74) is 3.54. The predicted octanol–water partition coefficient (Wildman–Crippen LogP) is 4.05. The minimum Gasteiger partial charge on any atom is -0.343 e. The van der Waals surface area contributed by atoms with E-state index in [4.69, 9.17) is 11.6 Å². The third kappa shape index (κ3) is 2.00. The van der Waals surface area contributed by atoms with E-state index in [1.807, 2.05) is 24.5 Å². The molecule has 0 saturated carbocycles. The van der Waals surface area contributed by atoms with Crippen LogP contribution >= 0.6 is 11.6 Å². The normalized spacial score (nSPS) is 11.0. The fourth-order valence-corrected chi connectivity index (χ4v) is 2.46. The van der Waals surface area contributed by atoms with Crippen molar-refractivity contribution in [2.45, 2.75) is 13.5 Å². The Labute approximate surface area is 111 Å². The molecule has 2 aromatic heterocycles. The van der Waals surface area contributed by atoms with E-state index in [2.05, 4.69) is 40.9 Å². The molecule has 0 amide bonds. The van der Waals surface area contributed by atoms with E-state index in [0.717, 1.165) is 22.5 Å². The molecule has 0 aliphatic heterocycles. The summed E-state index contributed by atoms with van der Waals surface area (Å²) in [5.74, 6) is 0. The lowest BCUT2D eigenvalue weighted by atomic mass is 10.2. The lowest BCUT2D eigenvalue weighted by molar-refractivity contribution is 0.830. The summed E-state index contributed by atoms with van der Waals surface area (Å²) in [5, 5.41) is 1.90. The molecule has 0 aliphatic carbocycles. The van der Waals surface area contributed by atoms with Gasteiger partial charge in [0.05, 0.1) is 0 Å². The van der Waals surface area contributed by atoms with E-state index in [1.165, 1.54) is 11.1 Å². The molecule has 1 aromatic carbocycles. The van der Waals surface area contributed by atoms with Gasteiger partial charge in [0.25, 0.3) is 0 Å². The highest BCUT2D eigenvalue weighted by Gasteiger charge is 2.04. The van der Waals surface area contributed by atoms with E-state index in [-0.39, 0.29) is 0 Å². The Kier molecular flexibility index (Phi) is 2.80. The molecule has 2 heterocycles. The zero-order valence-electron chi connectivity index (χ0n) is 10.1. The van der Waals surface area contributed by atoms with Gasteiger partial charge >= 0.3 is 0 Å². The van der Waals surface area contributed by atoms with E-state index in [1.54, 1.807) is 0 Å². The molecule has 0 fully saturated rings. The van der Waals surface area contributed by atoms with Crippen LogP contribution in [0, 0.1) is 6.92 Å². The first-order valence-electron chi connectivity index (χ1n) is 5.88. The van der Waals surface area contributed by atoms with Gasteiger partial charge in [-0.3, -0.25) is 4.98 Å². The average molecular weight is 257 g/mol. The Bertz CT molecular complexity index is 701. The highest BCUT2D eigenvalue weighted by molar-refractivity contribution is 6.35. The predicted molar refractivity (Wildman–Crippen MR) is 75.0 cm³/mol. The topological polar surface area (TPSA) is 17.8 Å². The molecule has 3 aromatic rings. The summed E-state index contributed by atoms with van der Waals surface area (Å²) < 4.78 is 2.19. The minimum absolute atomic E-state index is 0.800. The summed E-state index contributed by atoms with van der Waals surface area (Å²) in [6, 6.07) is 10.2. The van der Waals surface area contributed by atoms with Crippen molar-refractivity contribution in [3.05, 3.63) is 65.1 Å². The van der Waals surface area contributed by atoms with Crippen LogP contribution in [0.25, 0.3) is 10.9 Å². The van der Waals surface area contributed by atoms with Crippen LogP contribution in [-0.4, -0.2) is 9.55 Å². The maximum absolute atomic E-state index is 6.17. The summed E-state index contributed by atoms with van der Waals surface area (Å²) >= 11 is 6.17. The monoisotopic (exact) mass is 256 g/mol. The third-order valence-corrected chi connectivity index (χ3v) is 3.37. The highest BCUT2D eigenvalue weighted by atomic mass is 35.5. The van der Waals surface area contributed by atoms with E-state index in [0.29, 0.717) is 0 Å². The van der Waals surface area contributed by atoms with Crippen molar-refractivity contribution in [3.8, 4) is 0 Å². The lowest BCUT2D eigenvalue weighted by Crippen LogP contribution is -1.98.